The summed E-state index contributed by atoms with van der Waals surface area (Å²) in [6, 6.07) is 10.7. The maximum absolute atomic E-state index is 12.8. The van der Waals surface area contributed by atoms with Gasteiger partial charge in [0.25, 0.3) is 10.0 Å². The quantitative estimate of drug-likeness (QED) is 0.840. The molecule has 0 atom stereocenters. The number of halogens is 1. The predicted molar refractivity (Wildman–Crippen MR) is 96.9 cm³/mol. The van der Waals surface area contributed by atoms with E-state index in [9.17, 15) is 8.42 Å². The Hall–Kier alpha value is -1.52. The Morgan fingerprint density at radius 2 is 1.57 bits per heavy atom. The fraction of sp³-hybridized carbons (Fsp3) is 0.333. The second kappa shape index (κ2) is 6.17. The summed E-state index contributed by atoms with van der Waals surface area (Å²) >= 11 is 5.97. The van der Waals surface area contributed by atoms with Gasteiger partial charge in [-0.1, -0.05) is 50.6 Å². The maximum atomic E-state index is 12.8. The SMILES string of the molecule is Cc1ccc(Cl)cc1NS(=O)(=O)c1cc(C(C)(C)C)ccc1C. The third-order valence-corrected chi connectivity index (χ3v) is 5.53. The molecule has 0 aliphatic carbocycles. The highest BCUT2D eigenvalue weighted by atomic mass is 35.5. The van der Waals surface area contributed by atoms with E-state index in [2.05, 4.69) is 25.5 Å². The Labute approximate surface area is 143 Å². The van der Waals surface area contributed by atoms with Crippen LogP contribution in [0.3, 0.4) is 0 Å². The number of rotatable bonds is 3. The lowest BCUT2D eigenvalue weighted by molar-refractivity contribution is 0.584. The lowest BCUT2D eigenvalue weighted by Gasteiger charge is -2.21. The lowest BCUT2D eigenvalue weighted by Crippen LogP contribution is -2.17. The molecule has 23 heavy (non-hydrogen) atoms. The van der Waals surface area contributed by atoms with Crippen molar-refractivity contribution >= 4 is 27.3 Å². The first-order chi connectivity index (χ1) is 10.5. The highest BCUT2D eigenvalue weighted by Gasteiger charge is 2.22. The molecule has 0 amide bonds. The zero-order valence-corrected chi connectivity index (χ0v) is 15.6. The minimum Gasteiger partial charge on any atom is -0.279 e. The van der Waals surface area contributed by atoms with E-state index in [4.69, 9.17) is 11.6 Å². The van der Waals surface area contributed by atoms with Crippen molar-refractivity contribution in [1.82, 2.24) is 0 Å². The van der Waals surface area contributed by atoms with Gasteiger partial charge < -0.3 is 0 Å². The van der Waals surface area contributed by atoms with Crippen LogP contribution in [0, 0.1) is 13.8 Å². The van der Waals surface area contributed by atoms with E-state index in [1.165, 1.54) is 0 Å². The van der Waals surface area contributed by atoms with E-state index in [0.717, 1.165) is 11.1 Å². The van der Waals surface area contributed by atoms with Crippen LogP contribution in [-0.4, -0.2) is 8.42 Å². The van der Waals surface area contributed by atoms with Crippen molar-refractivity contribution in [3.05, 3.63) is 58.1 Å². The van der Waals surface area contributed by atoms with Gasteiger partial charge in [0.1, 0.15) is 0 Å². The molecule has 0 aliphatic heterocycles. The Balaban J connectivity index is 2.50. The second-order valence-electron chi connectivity index (χ2n) is 6.80. The van der Waals surface area contributed by atoms with Crippen molar-refractivity contribution in [2.45, 2.75) is 44.9 Å². The molecular formula is C18H22ClNO2S. The first-order valence-electron chi connectivity index (χ1n) is 7.41. The molecule has 2 aromatic rings. The highest BCUT2D eigenvalue weighted by Crippen LogP contribution is 2.29. The van der Waals surface area contributed by atoms with Gasteiger partial charge in [0.2, 0.25) is 0 Å². The molecular weight excluding hydrogens is 330 g/mol. The van der Waals surface area contributed by atoms with Crippen molar-refractivity contribution in [1.29, 1.82) is 0 Å². The van der Waals surface area contributed by atoms with E-state index in [1.807, 2.05) is 19.1 Å². The van der Waals surface area contributed by atoms with E-state index in [-0.39, 0.29) is 5.41 Å². The van der Waals surface area contributed by atoms with Gasteiger partial charge in [-0.25, -0.2) is 8.42 Å². The van der Waals surface area contributed by atoms with Crippen LogP contribution < -0.4 is 4.72 Å². The molecule has 0 unspecified atom stereocenters. The van der Waals surface area contributed by atoms with Gasteiger partial charge >= 0.3 is 0 Å². The highest BCUT2D eigenvalue weighted by molar-refractivity contribution is 7.92. The van der Waals surface area contributed by atoms with Gasteiger partial charge in [-0.3, -0.25) is 4.72 Å². The minimum atomic E-state index is -3.67. The molecule has 5 heteroatoms. The van der Waals surface area contributed by atoms with Crippen LogP contribution in [0.5, 0.6) is 0 Å². The fourth-order valence-electron chi connectivity index (χ4n) is 2.26. The average molecular weight is 352 g/mol. The third kappa shape index (κ3) is 4.06. The van der Waals surface area contributed by atoms with Gasteiger partial charge in [0, 0.05) is 5.02 Å². The molecule has 0 saturated heterocycles. The van der Waals surface area contributed by atoms with Gasteiger partial charge in [-0.2, -0.15) is 0 Å². The summed E-state index contributed by atoms with van der Waals surface area (Å²) in [5, 5.41) is 0.494. The van der Waals surface area contributed by atoms with Gasteiger partial charge in [-0.15, -0.1) is 0 Å². The van der Waals surface area contributed by atoms with Crippen LogP contribution >= 0.6 is 11.6 Å². The molecule has 0 aromatic heterocycles. The topological polar surface area (TPSA) is 46.2 Å². The van der Waals surface area contributed by atoms with Crippen LogP contribution in [0.15, 0.2) is 41.3 Å². The van der Waals surface area contributed by atoms with Gasteiger partial charge in [-0.05, 0) is 54.2 Å². The molecule has 124 valence electrons. The molecule has 0 heterocycles. The zero-order valence-electron chi connectivity index (χ0n) is 14.1. The zero-order chi connectivity index (χ0) is 17.4. The Morgan fingerprint density at radius 3 is 2.17 bits per heavy atom. The van der Waals surface area contributed by atoms with Crippen LogP contribution in [0.4, 0.5) is 5.69 Å². The number of hydrogen-bond acceptors (Lipinski definition) is 2. The standard InChI is InChI=1S/C18H22ClNO2S/c1-12-7-9-15(19)11-16(12)20-23(21,22)17-10-14(18(3,4)5)8-6-13(17)2/h6-11,20H,1-5H3. The average Bonchev–Trinajstić information content (AvgIpc) is 2.41. The normalized spacial score (nSPS) is 12.3. The first kappa shape index (κ1) is 17.8. The lowest BCUT2D eigenvalue weighted by atomic mass is 9.87. The van der Waals surface area contributed by atoms with E-state index < -0.39 is 10.0 Å². The number of anilines is 1. The molecule has 3 nitrogen and oxygen atoms in total. The molecule has 0 saturated carbocycles. The minimum absolute atomic E-state index is 0.121. The van der Waals surface area contributed by atoms with Crippen LogP contribution in [0.2, 0.25) is 5.02 Å². The first-order valence-corrected chi connectivity index (χ1v) is 9.27. The number of aryl methyl sites for hydroxylation is 2. The molecule has 2 aromatic carbocycles. The summed E-state index contributed by atoms with van der Waals surface area (Å²) in [4.78, 5) is 0.296. The third-order valence-electron chi connectivity index (χ3n) is 3.79. The van der Waals surface area contributed by atoms with Crippen molar-refractivity contribution in [3.63, 3.8) is 0 Å². The Kier molecular flexibility index (Phi) is 4.79. The van der Waals surface area contributed by atoms with Crippen LogP contribution in [-0.2, 0) is 15.4 Å². The Bertz CT molecular complexity index is 837. The second-order valence-corrected chi connectivity index (χ2v) is 8.88. The van der Waals surface area contributed by atoms with Gasteiger partial charge in [0.05, 0.1) is 10.6 Å². The molecule has 1 N–H and O–H groups in total. The van der Waals surface area contributed by atoms with Gasteiger partial charge in [0.15, 0.2) is 0 Å². The van der Waals surface area contributed by atoms with E-state index in [1.54, 1.807) is 31.2 Å². The van der Waals surface area contributed by atoms with Crippen molar-refractivity contribution in [2.24, 2.45) is 0 Å². The molecule has 0 radical (unpaired) electrons. The number of sulfonamides is 1. The summed E-state index contributed by atoms with van der Waals surface area (Å²) < 4.78 is 28.3. The predicted octanol–water partition coefficient (Wildman–Crippen LogP) is 5.06. The van der Waals surface area contributed by atoms with Crippen molar-refractivity contribution < 1.29 is 8.42 Å². The number of hydrogen-bond donors (Lipinski definition) is 1. The molecule has 0 aliphatic rings. The maximum Gasteiger partial charge on any atom is 0.262 e. The molecule has 2 rings (SSSR count). The summed E-state index contributed by atoms with van der Waals surface area (Å²) in [5.41, 5.74) is 2.89. The van der Waals surface area contributed by atoms with Crippen LogP contribution in [0.1, 0.15) is 37.5 Å². The summed E-state index contributed by atoms with van der Waals surface area (Å²) in [6.07, 6.45) is 0. The largest absolute Gasteiger partial charge is 0.279 e. The summed E-state index contributed by atoms with van der Waals surface area (Å²) in [5.74, 6) is 0. The molecule has 0 bridgehead atoms. The molecule has 0 spiro atoms. The molecule has 0 fully saturated rings. The summed E-state index contributed by atoms with van der Waals surface area (Å²) in [6.45, 7) is 9.81. The number of benzene rings is 2. The van der Waals surface area contributed by atoms with Crippen LogP contribution in [0.25, 0.3) is 0 Å². The van der Waals surface area contributed by atoms with Crippen molar-refractivity contribution in [3.8, 4) is 0 Å². The van der Waals surface area contributed by atoms with E-state index in [0.29, 0.717) is 21.2 Å². The van der Waals surface area contributed by atoms with Crippen molar-refractivity contribution in [2.75, 3.05) is 4.72 Å². The Morgan fingerprint density at radius 1 is 0.957 bits per heavy atom. The fourth-order valence-corrected chi connectivity index (χ4v) is 3.83. The number of nitrogens with one attached hydrogen (secondary N) is 1. The smallest absolute Gasteiger partial charge is 0.262 e. The summed E-state index contributed by atoms with van der Waals surface area (Å²) in [7, 11) is -3.67. The monoisotopic (exact) mass is 351 g/mol. The van der Waals surface area contributed by atoms with E-state index >= 15 is 0 Å².